The van der Waals surface area contributed by atoms with Gasteiger partial charge in [0.25, 0.3) is 5.56 Å². The van der Waals surface area contributed by atoms with Crippen molar-refractivity contribution >= 4 is 29.0 Å². The molecule has 0 amide bonds. The van der Waals surface area contributed by atoms with Crippen LogP contribution in [0.5, 0.6) is 0 Å². The van der Waals surface area contributed by atoms with Crippen molar-refractivity contribution in [1.82, 2.24) is 9.55 Å². The van der Waals surface area contributed by atoms with Crippen LogP contribution in [0.3, 0.4) is 0 Å². The molecule has 4 nitrogen and oxygen atoms in total. The maximum Gasteiger partial charge on any atom is 0.289 e. The number of aryl methyl sites for hydroxylation is 1. The maximum absolute atomic E-state index is 12.3. The highest BCUT2D eigenvalue weighted by Crippen LogP contribution is 2.41. The molecule has 3 rings (SSSR count). The van der Waals surface area contributed by atoms with Crippen molar-refractivity contribution < 1.29 is 4.79 Å². The van der Waals surface area contributed by atoms with E-state index < -0.39 is 11.6 Å². The van der Waals surface area contributed by atoms with Crippen LogP contribution in [0.4, 0.5) is 0 Å². The Labute approximate surface area is 150 Å². The Kier molecular flexibility index (Phi) is 5.07. The second-order valence-corrected chi connectivity index (χ2v) is 6.91. The van der Waals surface area contributed by atoms with Crippen molar-refractivity contribution in [1.29, 1.82) is 0 Å². The first-order valence-electron chi connectivity index (χ1n) is 8.01. The second kappa shape index (κ2) is 7.08. The monoisotopic (exact) mass is 364 g/mol. The second-order valence-electron chi connectivity index (χ2n) is 6.19. The summed E-state index contributed by atoms with van der Waals surface area (Å²) >= 11 is 12.1. The number of rotatable bonds is 5. The van der Waals surface area contributed by atoms with E-state index in [1.54, 1.807) is 0 Å². The molecule has 1 aliphatic heterocycles. The third-order valence-electron chi connectivity index (χ3n) is 4.60. The van der Waals surface area contributed by atoms with Crippen LogP contribution in [0.25, 0.3) is 0 Å². The van der Waals surface area contributed by atoms with Crippen molar-refractivity contribution in [2.24, 2.45) is 0 Å². The molecule has 0 saturated carbocycles. The zero-order chi connectivity index (χ0) is 17.3. The molecule has 0 spiro atoms. The molecule has 2 atom stereocenters. The number of carbonyl (C=O) groups is 1. The summed E-state index contributed by atoms with van der Waals surface area (Å²) in [5.74, 6) is -0.00479. The van der Waals surface area contributed by atoms with E-state index >= 15 is 0 Å². The van der Waals surface area contributed by atoms with Crippen molar-refractivity contribution in [2.45, 2.75) is 44.6 Å². The number of hydrogen-bond acceptors (Lipinski definition) is 3. The average Bonchev–Trinajstić information content (AvgIpc) is 2.94. The van der Waals surface area contributed by atoms with Gasteiger partial charge in [0, 0.05) is 5.92 Å². The van der Waals surface area contributed by atoms with Crippen LogP contribution >= 0.6 is 23.2 Å². The number of benzene rings is 1. The minimum Gasteiger partial charge on any atom is -0.298 e. The molecule has 1 aromatic heterocycles. The van der Waals surface area contributed by atoms with Gasteiger partial charge in [-0.1, -0.05) is 53.5 Å². The van der Waals surface area contributed by atoms with Crippen molar-refractivity contribution in [3.63, 3.8) is 0 Å². The third-order valence-corrected chi connectivity index (χ3v) is 5.12. The summed E-state index contributed by atoms with van der Waals surface area (Å²) in [5.41, 5.74) is 1.50. The van der Waals surface area contributed by atoms with Crippen LogP contribution in [-0.2, 0) is 11.2 Å². The van der Waals surface area contributed by atoms with E-state index in [4.69, 9.17) is 23.2 Å². The fourth-order valence-corrected chi connectivity index (χ4v) is 4.01. The fourth-order valence-electron chi connectivity index (χ4n) is 3.46. The van der Waals surface area contributed by atoms with Crippen LogP contribution in [0.2, 0.25) is 10.3 Å². The number of ketones is 1. The van der Waals surface area contributed by atoms with Gasteiger partial charge in [-0.05, 0) is 38.2 Å². The van der Waals surface area contributed by atoms with Gasteiger partial charge in [-0.2, -0.15) is 0 Å². The smallest absolute Gasteiger partial charge is 0.289 e. The summed E-state index contributed by atoms with van der Waals surface area (Å²) in [6, 6.07) is 9.74. The summed E-state index contributed by atoms with van der Waals surface area (Å²) < 4.78 is 1.45. The molecule has 24 heavy (non-hydrogen) atoms. The third kappa shape index (κ3) is 3.26. The van der Waals surface area contributed by atoms with E-state index in [0.29, 0.717) is 12.1 Å². The highest BCUT2D eigenvalue weighted by atomic mass is 35.5. The van der Waals surface area contributed by atoms with Crippen molar-refractivity contribution in [2.75, 3.05) is 0 Å². The van der Waals surface area contributed by atoms with E-state index in [9.17, 15) is 9.59 Å². The molecular weight excluding hydrogens is 347 g/mol. The zero-order valence-electron chi connectivity index (χ0n) is 13.3. The number of aromatic nitrogens is 2. The summed E-state index contributed by atoms with van der Waals surface area (Å²) in [5, 5.41) is 0.0491. The van der Waals surface area contributed by atoms with Gasteiger partial charge in [-0.25, -0.2) is 4.98 Å². The highest BCUT2D eigenvalue weighted by Gasteiger charge is 2.37. The number of hydrogen-bond donors (Lipinski definition) is 0. The maximum atomic E-state index is 12.3. The Balaban J connectivity index is 1.83. The Morgan fingerprint density at radius 2 is 1.96 bits per heavy atom. The van der Waals surface area contributed by atoms with E-state index in [0.717, 1.165) is 19.3 Å². The molecule has 0 unspecified atom stereocenters. The molecule has 6 heteroatoms. The van der Waals surface area contributed by atoms with Gasteiger partial charge >= 0.3 is 0 Å². The van der Waals surface area contributed by atoms with Crippen LogP contribution in [0.1, 0.15) is 49.4 Å². The van der Waals surface area contributed by atoms with Gasteiger partial charge in [0.15, 0.2) is 16.1 Å². The minimum atomic E-state index is -0.493. The first-order valence-corrected chi connectivity index (χ1v) is 8.76. The SMILES string of the molecule is CC(=O)[C@@H]1C[C@@H](CCCc2ccccc2)c2c(Cl)nc(Cl)c(=O)n21. The summed E-state index contributed by atoms with van der Waals surface area (Å²) in [4.78, 5) is 28.2. The van der Waals surface area contributed by atoms with Gasteiger partial charge in [0.05, 0.1) is 11.7 Å². The lowest BCUT2D eigenvalue weighted by molar-refractivity contribution is -0.120. The summed E-state index contributed by atoms with van der Waals surface area (Å²) in [7, 11) is 0. The van der Waals surface area contributed by atoms with Crippen LogP contribution in [-0.4, -0.2) is 15.3 Å². The van der Waals surface area contributed by atoms with Gasteiger partial charge in [-0.3, -0.25) is 14.2 Å². The number of Topliss-reactive ketones (excluding diaryl/α,β-unsaturated/α-hetero) is 1. The Bertz CT molecular complexity index is 818. The largest absolute Gasteiger partial charge is 0.298 e. The molecule has 2 aromatic rings. The topological polar surface area (TPSA) is 52.0 Å². The first kappa shape index (κ1) is 17.2. The van der Waals surface area contributed by atoms with E-state index in [1.165, 1.54) is 17.1 Å². The average molecular weight is 365 g/mol. The summed E-state index contributed by atoms with van der Waals surface area (Å²) in [6.45, 7) is 1.50. The Morgan fingerprint density at radius 1 is 1.25 bits per heavy atom. The zero-order valence-corrected chi connectivity index (χ0v) is 14.8. The lowest BCUT2D eigenvalue weighted by atomic mass is 9.93. The fraction of sp³-hybridized carbons (Fsp3) is 0.389. The van der Waals surface area contributed by atoms with Gasteiger partial charge < -0.3 is 0 Å². The van der Waals surface area contributed by atoms with E-state index in [-0.39, 0.29) is 22.0 Å². The molecule has 126 valence electrons. The van der Waals surface area contributed by atoms with Gasteiger partial charge in [-0.15, -0.1) is 0 Å². The summed E-state index contributed by atoms with van der Waals surface area (Å²) in [6.07, 6.45) is 3.33. The molecule has 0 fully saturated rings. The van der Waals surface area contributed by atoms with Crippen molar-refractivity contribution in [3.05, 3.63) is 62.2 Å². The highest BCUT2D eigenvalue weighted by molar-refractivity contribution is 6.32. The number of carbonyl (C=O) groups excluding carboxylic acids is 1. The quantitative estimate of drug-likeness (QED) is 0.798. The van der Waals surface area contributed by atoms with Gasteiger partial charge in [0.1, 0.15) is 0 Å². The number of fused-ring (bicyclic) bond motifs is 1. The predicted molar refractivity (Wildman–Crippen MR) is 95.0 cm³/mol. The molecule has 1 aromatic carbocycles. The normalized spacial score (nSPS) is 19.3. The minimum absolute atomic E-state index is 0.0487. The molecule has 2 heterocycles. The Hall–Kier alpha value is -1.65. The van der Waals surface area contributed by atoms with E-state index in [1.807, 2.05) is 18.2 Å². The van der Waals surface area contributed by atoms with Crippen LogP contribution < -0.4 is 5.56 Å². The first-order chi connectivity index (χ1) is 11.5. The predicted octanol–water partition coefficient (Wildman–Crippen LogP) is 4.19. The lowest BCUT2D eigenvalue weighted by Gasteiger charge is -2.12. The lowest BCUT2D eigenvalue weighted by Crippen LogP contribution is -2.28. The molecule has 0 bridgehead atoms. The Morgan fingerprint density at radius 3 is 2.62 bits per heavy atom. The molecular formula is C18H18Cl2N2O2. The van der Waals surface area contributed by atoms with Crippen LogP contribution in [0.15, 0.2) is 35.1 Å². The van der Waals surface area contributed by atoms with Crippen LogP contribution in [0, 0.1) is 0 Å². The standard InChI is InChI=1S/C18H18Cl2N2O2/c1-11(23)14-10-13(9-5-8-12-6-3-2-4-7-12)15-16(19)21-17(20)18(24)22(14)15/h2-4,6-7,13-14H,5,8-10H2,1H3/t13-,14+/m1/s1. The molecule has 0 N–H and O–H groups in total. The number of halogens is 2. The molecule has 0 radical (unpaired) electrons. The molecule has 1 aliphatic rings. The molecule has 0 aliphatic carbocycles. The van der Waals surface area contributed by atoms with Crippen molar-refractivity contribution in [3.8, 4) is 0 Å². The van der Waals surface area contributed by atoms with Gasteiger partial charge in [0.2, 0.25) is 0 Å². The van der Waals surface area contributed by atoms with E-state index in [2.05, 4.69) is 17.1 Å². The number of nitrogens with zero attached hydrogens (tertiary/aromatic N) is 2. The molecule has 0 saturated heterocycles.